The second kappa shape index (κ2) is 5.29. The van der Waals surface area contributed by atoms with E-state index in [4.69, 9.17) is 10.3 Å². The highest BCUT2D eigenvalue weighted by Gasteiger charge is 2.29. The summed E-state index contributed by atoms with van der Waals surface area (Å²) >= 11 is 0. The molecule has 8 heteroatoms. The van der Waals surface area contributed by atoms with Gasteiger partial charge in [0.25, 0.3) is 5.56 Å². The third-order valence-electron chi connectivity index (χ3n) is 3.28. The Labute approximate surface area is 108 Å². The summed E-state index contributed by atoms with van der Waals surface area (Å²) in [6.07, 6.45) is 1.98. The molecule has 2 rings (SSSR count). The monoisotopic (exact) mass is 265 g/mol. The van der Waals surface area contributed by atoms with Crippen LogP contribution >= 0.6 is 0 Å². The van der Waals surface area contributed by atoms with Crippen LogP contribution in [0, 0.1) is 6.92 Å². The van der Waals surface area contributed by atoms with Gasteiger partial charge in [-0.15, -0.1) is 0 Å². The highest BCUT2D eigenvalue weighted by atomic mass is 16.5. The van der Waals surface area contributed by atoms with Gasteiger partial charge in [0.05, 0.1) is 12.1 Å². The van der Waals surface area contributed by atoms with Gasteiger partial charge in [-0.1, -0.05) is 5.11 Å². The van der Waals surface area contributed by atoms with Crippen molar-refractivity contribution in [2.24, 2.45) is 5.11 Å². The summed E-state index contributed by atoms with van der Waals surface area (Å²) < 4.78 is 7.06. The van der Waals surface area contributed by atoms with E-state index in [1.165, 1.54) is 10.8 Å². The zero-order valence-electron chi connectivity index (χ0n) is 10.7. The van der Waals surface area contributed by atoms with Crippen LogP contribution in [0.5, 0.6) is 0 Å². The molecule has 1 aromatic heterocycles. The van der Waals surface area contributed by atoms with Crippen molar-refractivity contribution >= 4 is 0 Å². The summed E-state index contributed by atoms with van der Waals surface area (Å²) in [5.41, 5.74) is 8.01. The van der Waals surface area contributed by atoms with Crippen molar-refractivity contribution < 1.29 is 4.74 Å². The molecule has 1 aliphatic rings. The van der Waals surface area contributed by atoms with Crippen LogP contribution in [0.3, 0.4) is 0 Å². The quantitative estimate of drug-likeness (QED) is 0.492. The van der Waals surface area contributed by atoms with E-state index in [1.54, 1.807) is 13.8 Å². The Morgan fingerprint density at radius 2 is 2.26 bits per heavy atom. The van der Waals surface area contributed by atoms with Crippen LogP contribution in [-0.4, -0.2) is 21.7 Å². The normalized spacial score (nSPS) is 26.7. The van der Waals surface area contributed by atoms with Crippen LogP contribution in [0.2, 0.25) is 0 Å². The molecule has 19 heavy (non-hydrogen) atoms. The van der Waals surface area contributed by atoms with Crippen LogP contribution in [0.4, 0.5) is 0 Å². The molecule has 1 fully saturated rings. The van der Waals surface area contributed by atoms with Crippen LogP contribution < -0.4 is 11.2 Å². The lowest BCUT2D eigenvalue weighted by Crippen LogP contribution is -2.40. The van der Waals surface area contributed by atoms with E-state index in [0.29, 0.717) is 18.4 Å². The van der Waals surface area contributed by atoms with Gasteiger partial charge < -0.3 is 4.74 Å². The molecule has 0 aliphatic carbocycles. The van der Waals surface area contributed by atoms with Crippen LogP contribution in [0.25, 0.3) is 10.4 Å². The minimum atomic E-state index is -0.491. The molecule has 2 heterocycles. The van der Waals surface area contributed by atoms with Crippen molar-refractivity contribution in [1.82, 2.24) is 9.55 Å². The number of hydrogen-bond donors (Lipinski definition) is 1. The lowest BCUT2D eigenvalue weighted by molar-refractivity contribution is -0.0922. The topological polar surface area (TPSA) is 113 Å². The predicted molar refractivity (Wildman–Crippen MR) is 67.8 cm³/mol. The molecule has 0 aromatic carbocycles. The number of nitrogens with one attached hydrogen (secondary N) is 1. The van der Waals surface area contributed by atoms with Crippen LogP contribution in [0.15, 0.2) is 20.9 Å². The Kier molecular flexibility index (Phi) is 3.73. The zero-order valence-corrected chi connectivity index (χ0v) is 10.7. The molecule has 1 N–H and O–H groups in total. The molecule has 102 valence electrons. The van der Waals surface area contributed by atoms with Gasteiger partial charge in [-0.3, -0.25) is 14.3 Å². The minimum absolute atomic E-state index is 0.221. The van der Waals surface area contributed by atoms with Crippen molar-refractivity contribution in [1.29, 1.82) is 0 Å². The van der Waals surface area contributed by atoms with E-state index in [9.17, 15) is 9.59 Å². The number of aromatic amines is 1. The predicted octanol–water partition coefficient (Wildman–Crippen LogP) is 1.22. The first-order chi connectivity index (χ1) is 9.02. The summed E-state index contributed by atoms with van der Waals surface area (Å²) in [6.45, 7) is 3.43. The molecule has 8 nitrogen and oxygen atoms in total. The van der Waals surface area contributed by atoms with Crippen LogP contribution in [0.1, 0.15) is 31.6 Å². The first kappa shape index (κ1) is 13.4. The molecule has 1 aliphatic heterocycles. The van der Waals surface area contributed by atoms with Crippen molar-refractivity contribution in [2.75, 3.05) is 0 Å². The molecule has 0 bridgehead atoms. The molecule has 0 radical (unpaired) electrons. The molecule has 0 spiro atoms. The SMILES string of the molecule is Cc1cn([C@@H]2CC[C@H](N=[N+]=[N-])[C@H](C)O2)c(=O)[nH]c1=O. The van der Waals surface area contributed by atoms with E-state index in [2.05, 4.69) is 15.0 Å². The summed E-state index contributed by atoms with van der Waals surface area (Å²) in [4.78, 5) is 28.1. The van der Waals surface area contributed by atoms with E-state index < -0.39 is 17.5 Å². The maximum absolute atomic E-state index is 11.8. The summed E-state index contributed by atoms with van der Waals surface area (Å²) in [7, 11) is 0. The molecular formula is C11H15N5O3. The average Bonchev–Trinajstić information content (AvgIpc) is 2.36. The fourth-order valence-electron chi connectivity index (χ4n) is 2.18. The van der Waals surface area contributed by atoms with E-state index in [0.717, 1.165) is 0 Å². The van der Waals surface area contributed by atoms with Crippen molar-refractivity contribution in [3.63, 3.8) is 0 Å². The van der Waals surface area contributed by atoms with Crippen molar-refractivity contribution in [3.05, 3.63) is 43.0 Å². The first-order valence-corrected chi connectivity index (χ1v) is 6.04. The number of rotatable bonds is 2. The summed E-state index contributed by atoms with van der Waals surface area (Å²) in [5, 5.41) is 3.66. The molecule has 1 saturated heterocycles. The lowest BCUT2D eigenvalue weighted by atomic mass is 10.0. The molecule has 0 saturated carbocycles. The average molecular weight is 265 g/mol. The van der Waals surface area contributed by atoms with Crippen molar-refractivity contribution in [2.45, 2.75) is 45.1 Å². The Morgan fingerprint density at radius 1 is 1.53 bits per heavy atom. The van der Waals surface area contributed by atoms with Gasteiger partial charge in [0, 0.05) is 16.7 Å². The van der Waals surface area contributed by atoms with Gasteiger partial charge in [0.1, 0.15) is 6.23 Å². The zero-order chi connectivity index (χ0) is 14.0. The lowest BCUT2D eigenvalue weighted by Gasteiger charge is -2.33. The Morgan fingerprint density at radius 3 is 2.89 bits per heavy atom. The third-order valence-corrected chi connectivity index (χ3v) is 3.28. The molecular weight excluding hydrogens is 250 g/mol. The maximum atomic E-state index is 11.8. The fraction of sp³-hybridized carbons (Fsp3) is 0.636. The first-order valence-electron chi connectivity index (χ1n) is 6.04. The van der Waals surface area contributed by atoms with Crippen LogP contribution in [-0.2, 0) is 4.74 Å². The van der Waals surface area contributed by atoms with Gasteiger partial charge in [-0.25, -0.2) is 4.79 Å². The number of ether oxygens (including phenoxy) is 1. The smallest absolute Gasteiger partial charge is 0.330 e. The number of H-pyrrole nitrogens is 1. The van der Waals surface area contributed by atoms with E-state index >= 15 is 0 Å². The largest absolute Gasteiger partial charge is 0.355 e. The second-order valence-corrected chi connectivity index (χ2v) is 4.62. The summed E-state index contributed by atoms with van der Waals surface area (Å²) in [6, 6.07) is -0.221. The maximum Gasteiger partial charge on any atom is 0.330 e. The number of hydrogen-bond acceptors (Lipinski definition) is 4. The Balaban J connectivity index is 2.26. The highest BCUT2D eigenvalue weighted by Crippen LogP contribution is 2.27. The van der Waals surface area contributed by atoms with Gasteiger partial charge >= 0.3 is 5.69 Å². The second-order valence-electron chi connectivity index (χ2n) is 4.62. The Bertz CT molecular complexity index is 628. The van der Waals surface area contributed by atoms with Gasteiger partial charge in [-0.2, -0.15) is 0 Å². The van der Waals surface area contributed by atoms with Gasteiger partial charge in [0.15, 0.2) is 0 Å². The molecule has 1 aromatic rings. The Hall–Kier alpha value is -2.05. The van der Waals surface area contributed by atoms with E-state index in [-0.39, 0.29) is 12.1 Å². The van der Waals surface area contributed by atoms with E-state index in [1.807, 2.05) is 0 Å². The fourth-order valence-corrected chi connectivity index (χ4v) is 2.18. The highest BCUT2D eigenvalue weighted by molar-refractivity contribution is 5.01. The molecule has 3 atom stereocenters. The van der Waals surface area contributed by atoms with Gasteiger partial charge in [0.2, 0.25) is 0 Å². The van der Waals surface area contributed by atoms with Gasteiger partial charge in [-0.05, 0) is 32.2 Å². The van der Waals surface area contributed by atoms with Crippen molar-refractivity contribution in [3.8, 4) is 0 Å². The number of aryl methyl sites for hydroxylation is 1. The minimum Gasteiger partial charge on any atom is -0.355 e. The number of azide groups is 1. The standard InChI is InChI=1S/C11H15N5O3/c1-6-5-16(11(18)13-10(6)17)9-4-3-8(14-15-12)7(2)19-9/h5,7-9H,3-4H2,1-2H3,(H,13,17,18)/t7-,8-,9-/m0/s1. The number of nitrogens with zero attached hydrogens (tertiary/aromatic N) is 4. The number of aromatic nitrogens is 2. The molecule has 0 unspecified atom stereocenters. The summed E-state index contributed by atoms with van der Waals surface area (Å²) in [5.74, 6) is 0. The third kappa shape index (κ3) is 2.69. The molecule has 0 amide bonds.